The topological polar surface area (TPSA) is 81.8 Å². The standard InChI is InChI=1S/C12H9N3O2/c16-12(17)9-6-14-15-11(9)8-5-13-10-4-2-1-3-7(8)10/h1-6,13H,(H,14,15)(H,16,17). The molecule has 5 nitrogen and oxygen atoms in total. The summed E-state index contributed by atoms with van der Waals surface area (Å²) in [4.78, 5) is 14.1. The van der Waals surface area contributed by atoms with E-state index < -0.39 is 5.97 Å². The Morgan fingerprint density at radius 3 is 2.94 bits per heavy atom. The molecule has 0 aliphatic carbocycles. The molecule has 3 aromatic rings. The van der Waals surface area contributed by atoms with Crippen LogP contribution in [0.4, 0.5) is 0 Å². The van der Waals surface area contributed by atoms with E-state index in [9.17, 15) is 4.79 Å². The Balaban J connectivity index is 2.28. The summed E-state index contributed by atoms with van der Waals surface area (Å²) in [7, 11) is 0. The van der Waals surface area contributed by atoms with E-state index in [1.54, 1.807) is 6.20 Å². The molecule has 17 heavy (non-hydrogen) atoms. The highest BCUT2D eigenvalue weighted by molar-refractivity contribution is 6.01. The molecule has 0 bridgehead atoms. The summed E-state index contributed by atoms with van der Waals surface area (Å²) in [6.07, 6.45) is 3.10. The Morgan fingerprint density at radius 1 is 1.29 bits per heavy atom. The predicted molar refractivity (Wildman–Crippen MR) is 62.8 cm³/mol. The maximum atomic E-state index is 11.0. The van der Waals surface area contributed by atoms with Crippen molar-refractivity contribution in [2.45, 2.75) is 0 Å². The molecule has 0 radical (unpaired) electrons. The highest BCUT2D eigenvalue weighted by atomic mass is 16.4. The van der Waals surface area contributed by atoms with E-state index in [1.807, 2.05) is 24.3 Å². The summed E-state index contributed by atoms with van der Waals surface area (Å²) in [5, 5.41) is 16.5. The van der Waals surface area contributed by atoms with Crippen molar-refractivity contribution in [1.29, 1.82) is 0 Å². The molecule has 0 unspecified atom stereocenters. The monoisotopic (exact) mass is 227 g/mol. The third-order valence-electron chi connectivity index (χ3n) is 2.73. The molecule has 0 atom stereocenters. The number of fused-ring (bicyclic) bond motifs is 1. The zero-order valence-electron chi connectivity index (χ0n) is 8.77. The van der Waals surface area contributed by atoms with Gasteiger partial charge in [-0.2, -0.15) is 5.10 Å². The van der Waals surface area contributed by atoms with Gasteiger partial charge in [-0.15, -0.1) is 0 Å². The summed E-state index contributed by atoms with van der Waals surface area (Å²) in [6.45, 7) is 0. The summed E-state index contributed by atoms with van der Waals surface area (Å²) < 4.78 is 0. The fourth-order valence-corrected chi connectivity index (χ4v) is 1.93. The third kappa shape index (κ3) is 1.40. The first-order valence-electron chi connectivity index (χ1n) is 5.10. The maximum absolute atomic E-state index is 11.0. The summed E-state index contributed by atoms with van der Waals surface area (Å²) in [6, 6.07) is 7.72. The van der Waals surface area contributed by atoms with Crippen molar-refractivity contribution in [3.8, 4) is 11.3 Å². The molecule has 0 fully saturated rings. The van der Waals surface area contributed by atoms with Crippen LogP contribution in [-0.2, 0) is 0 Å². The number of para-hydroxylation sites is 1. The van der Waals surface area contributed by atoms with Crippen LogP contribution in [0.15, 0.2) is 36.7 Å². The first kappa shape index (κ1) is 9.65. The SMILES string of the molecule is O=C(O)c1cn[nH]c1-c1c[nH]c2ccccc12. The molecular formula is C12H9N3O2. The van der Waals surface area contributed by atoms with Gasteiger partial charge < -0.3 is 10.1 Å². The Kier molecular flexibility index (Phi) is 1.98. The van der Waals surface area contributed by atoms with Crippen molar-refractivity contribution >= 4 is 16.9 Å². The van der Waals surface area contributed by atoms with Crippen LogP contribution < -0.4 is 0 Å². The first-order chi connectivity index (χ1) is 8.27. The minimum Gasteiger partial charge on any atom is -0.478 e. The lowest BCUT2D eigenvalue weighted by atomic mass is 10.1. The number of carbonyl (C=O) groups is 1. The van der Waals surface area contributed by atoms with E-state index in [0.29, 0.717) is 5.69 Å². The largest absolute Gasteiger partial charge is 0.478 e. The number of nitrogens with zero attached hydrogens (tertiary/aromatic N) is 1. The van der Waals surface area contributed by atoms with Gasteiger partial charge in [0.2, 0.25) is 0 Å². The van der Waals surface area contributed by atoms with Crippen molar-refractivity contribution in [2.24, 2.45) is 0 Å². The number of H-pyrrole nitrogens is 2. The molecule has 2 aromatic heterocycles. The lowest BCUT2D eigenvalue weighted by molar-refractivity contribution is 0.0698. The molecular weight excluding hydrogens is 218 g/mol. The molecule has 1 aromatic carbocycles. The molecule has 2 heterocycles. The molecule has 0 saturated carbocycles. The van der Waals surface area contributed by atoms with Crippen molar-refractivity contribution in [3.63, 3.8) is 0 Å². The number of aromatic amines is 2. The van der Waals surface area contributed by atoms with Gasteiger partial charge in [0.1, 0.15) is 5.56 Å². The van der Waals surface area contributed by atoms with Crippen molar-refractivity contribution in [2.75, 3.05) is 0 Å². The molecule has 84 valence electrons. The van der Waals surface area contributed by atoms with Gasteiger partial charge in [-0.05, 0) is 6.07 Å². The number of carboxylic acids is 1. The van der Waals surface area contributed by atoms with Gasteiger partial charge in [0.25, 0.3) is 0 Å². The van der Waals surface area contributed by atoms with Crippen LogP contribution in [0.1, 0.15) is 10.4 Å². The van der Waals surface area contributed by atoms with Gasteiger partial charge in [-0.3, -0.25) is 5.10 Å². The number of hydrogen-bond donors (Lipinski definition) is 3. The average Bonchev–Trinajstić information content (AvgIpc) is 2.94. The zero-order chi connectivity index (χ0) is 11.8. The second-order valence-corrected chi connectivity index (χ2v) is 3.71. The Morgan fingerprint density at radius 2 is 2.12 bits per heavy atom. The van der Waals surface area contributed by atoms with Gasteiger partial charge in [0.15, 0.2) is 0 Å². The van der Waals surface area contributed by atoms with E-state index in [1.165, 1.54) is 6.20 Å². The summed E-state index contributed by atoms with van der Waals surface area (Å²) in [5.41, 5.74) is 2.48. The van der Waals surface area contributed by atoms with Gasteiger partial charge in [0, 0.05) is 22.7 Å². The molecule has 3 N–H and O–H groups in total. The van der Waals surface area contributed by atoms with Crippen LogP contribution >= 0.6 is 0 Å². The zero-order valence-corrected chi connectivity index (χ0v) is 8.77. The average molecular weight is 227 g/mol. The minimum absolute atomic E-state index is 0.176. The van der Waals surface area contributed by atoms with E-state index in [-0.39, 0.29) is 5.56 Å². The smallest absolute Gasteiger partial charge is 0.339 e. The lowest BCUT2D eigenvalue weighted by Gasteiger charge is -1.97. The number of rotatable bonds is 2. The minimum atomic E-state index is -0.987. The van der Waals surface area contributed by atoms with Crippen LogP contribution in [0, 0.1) is 0 Å². The first-order valence-corrected chi connectivity index (χ1v) is 5.10. The van der Waals surface area contributed by atoms with Crippen LogP contribution in [-0.4, -0.2) is 26.3 Å². The van der Waals surface area contributed by atoms with Crippen LogP contribution in [0.2, 0.25) is 0 Å². The molecule has 0 spiro atoms. The summed E-state index contributed by atoms with van der Waals surface area (Å²) in [5.74, 6) is -0.987. The number of aromatic carboxylic acids is 1. The molecule has 0 amide bonds. The van der Waals surface area contributed by atoms with E-state index >= 15 is 0 Å². The highest BCUT2D eigenvalue weighted by Crippen LogP contribution is 2.29. The fourth-order valence-electron chi connectivity index (χ4n) is 1.93. The second-order valence-electron chi connectivity index (χ2n) is 3.71. The van der Waals surface area contributed by atoms with Crippen molar-refractivity contribution in [3.05, 3.63) is 42.2 Å². The molecule has 0 saturated heterocycles. The predicted octanol–water partition coefficient (Wildman–Crippen LogP) is 2.26. The van der Waals surface area contributed by atoms with Gasteiger partial charge >= 0.3 is 5.97 Å². The fraction of sp³-hybridized carbons (Fsp3) is 0. The van der Waals surface area contributed by atoms with Crippen LogP contribution in [0.5, 0.6) is 0 Å². The number of hydrogen-bond acceptors (Lipinski definition) is 2. The quantitative estimate of drug-likeness (QED) is 0.628. The van der Waals surface area contributed by atoms with E-state index in [2.05, 4.69) is 15.2 Å². The lowest BCUT2D eigenvalue weighted by Crippen LogP contribution is -1.96. The van der Waals surface area contributed by atoms with Gasteiger partial charge in [-0.25, -0.2) is 4.79 Å². The Hall–Kier alpha value is -2.56. The molecule has 3 rings (SSSR count). The van der Waals surface area contributed by atoms with Gasteiger partial charge in [-0.1, -0.05) is 18.2 Å². The summed E-state index contributed by atoms with van der Waals surface area (Å²) >= 11 is 0. The van der Waals surface area contributed by atoms with E-state index in [4.69, 9.17) is 5.11 Å². The molecule has 0 aliphatic heterocycles. The Bertz CT molecular complexity index is 696. The van der Waals surface area contributed by atoms with Crippen LogP contribution in [0.25, 0.3) is 22.2 Å². The highest BCUT2D eigenvalue weighted by Gasteiger charge is 2.16. The van der Waals surface area contributed by atoms with Crippen molar-refractivity contribution in [1.82, 2.24) is 15.2 Å². The normalized spacial score (nSPS) is 10.8. The number of carboxylic acid groups (broad SMARTS) is 1. The third-order valence-corrected chi connectivity index (χ3v) is 2.73. The molecule has 5 heteroatoms. The number of aromatic nitrogens is 3. The Labute approximate surface area is 96.1 Å². The van der Waals surface area contributed by atoms with E-state index in [0.717, 1.165) is 16.5 Å². The maximum Gasteiger partial charge on any atom is 0.339 e. The molecule has 0 aliphatic rings. The van der Waals surface area contributed by atoms with Crippen molar-refractivity contribution < 1.29 is 9.90 Å². The van der Waals surface area contributed by atoms with Crippen LogP contribution in [0.3, 0.4) is 0 Å². The number of nitrogens with one attached hydrogen (secondary N) is 2. The number of benzene rings is 1. The van der Waals surface area contributed by atoms with Gasteiger partial charge in [0.05, 0.1) is 11.9 Å². The second kappa shape index (κ2) is 3.48.